The molecule has 0 aliphatic carbocycles. The fourth-order valence-electron chi connectivity index (χ4n) is 1.73. The van der Waals surface area contributed by atoms with Gasteiger partial charge in [-0.2, -0.15) is 0 Å². The van der Waals surface area contributed by atoms with Gasteiger partial charge in [-0.15, -0.1) is 0 Å². The lowest BCUT2D eigenvalue weighted by molar-refractivity contribution is -0.145. The van der Waals surface area contributed by atoms with E-state index in [9.17, 15) is 9.18 Å². The van der Waals surface area contributed by atoms with Gasteiger partial charge in [0, 0.05) is 6.54 Å². The molecule has 19 heavy (non-hydrogen) atoms. The summed E-state index contributed by atoms with van der Waals surface area (Å²) in [4.78, 5) is 11.7. The summed E-state index contributed by atoms with van der Waals surface area (Å²) in [5.74, 6) is -0.696. The minimum atomic E-state index is -0.444. The van der Waals surface area contributed by atoms with Gasteiger partial charge in [-0.3, -0.25) is 4.79 Å². The van der Waals surface area contributed by atoms with Crippen LogP contribution in [0.4, 0.5) is 4.39 Å². The molecule has 0 fully saturated rings. The Morgan fingerprint density at radius 1 is 1.47 bits per heavy atom. The third-order valence-corrected chi connectivity index (χ3v) is 2.97. The monoisotopic (exact) mass is 287 g/mol. The summed E-state index contributed by atoms with van der Waals surface area (Å²) in [6, 6.07) is 4.17. The van der Waals surface area contributed by atoms with Gasteiger partial charge in [0.1, 0.15) is 11.9 Å². The predicted octanol–water partition coefficient (Wildman–Crippen LogP) is 3.30. The molecular formula is C14H19ClFNO2. The van der Waals surface area contributed by atoms with Crippen molar-refractivity contribution in [2.24, 2.45) is 0 Å². The number of rotatable bonds is 7. The highest BCUT2D eigenvalue weighted by Crippen LogP contribution is 2.16. The predicted molar refractivity (Wildman–Crippen MR) is 73.6 cm³/mol. The van der Waals surface area contributed by atoms with Crippen LogP contribution in [-0.4, -0.2) is 18.6 Å². The second kappa shape index (κ2) is 8.12. The van der Waals surface area contributed by atoms with E-state index < -0.39 is 5.82 Å². The molecule has 3 nitrogen and oxygen atoms in total. The van der Waals surface area contributed by atoms with Crippen molar-refractivity contribution in [2.75, 3.05) is 6.61 Å². The Bertz CT molecular complexity index is 426. The quantitative estimate of drug-likeness (QED) is 0.782. The molecular weight excluding hydrogens is 269 g/mol. The van der Waals surface area contributed by atoms with E-state index in [-0.39, 0.29) is 17.0 Å². The molecule has 0 saturated carbocycles. The van der Waals surface area contributed by atoms with E-state index in [0.717, 1.165) is 12.0 Å². The highest BCUT2D eigenvalue weighted by Gasteiger charge is 2.17. The number of ether oxygens (including phenoxy) is 1. The van der Waals surface area contributed by atoms with Gasteiger partial charge in [0.05, 0.1) is 11.6 Å². The number of hydrogen-bond acceptors (Lipinski definition) is 3. The van der Waals surface area contributed by atoms with Crippen LogP contribution in [0.1, 0.15) is 32.3 Å². The number of carbonyl (C=O) groups is 1. The molecule has 0 saturated heterocycles. The molecule has 1 unspecified atom stereocenters. The number of halogens is 2. The van der Waals surface area contributed by atoms with Crippen molar-refractivity contribution in [2.45, 2.75) is 39.3 Å². The maximum Gasteiger partial charge on any atom is 0.323 e. The van der Waals surface area contributed by atoms with E-state index in [1.54, 1.807) is 19.1 Å². The zero-order valence-electron chi connectivity index (χ0n) is 11.2. The van der Waals surface area contributed by atoms with Gasteiger partial charge < -0.3 is 10.1 Å². The molecule has 106 valence electrons. The van der Waals surface area contributed by atoms with Gasteiger partial charge in [0.25, 0.3) is 0 Å². The van der Waals surface area contributed by atoms with Crippen LogP contribution in [-0.2, 0) is 16.1 Å². The third-order valence-electron chi connectivity index (χ3n) is 2.69. The zero-order chi connectivity index (χ0) is 14.3. The first-order valence-corrected chi connectivity index (χ1v) is 6.80. The summed E-state index contributed by atoms with van der Waals surface area (Å²) in [6.45, 7) is 4.59. The summed E-state index contributed by atoms with van der Waals surface area (Å²) in [5, 5.41) is 3.20. The standard InChI is InChI=1S/C14H19ClFNO2/c1-3-5-13(14(18)19-4-2)17-9-10-6-7-12(16)11(15)8-10/h6-8,13,17H,3-5,9H2,1-2H3. The first kappa shape index (κ1) is 15.9. The second-order valence-corrected chi connectivity index (χ2v) is 4.63. The number of carbonyl (C=O) groups excluding carboxylic acids is 1. The van der Waals surface area contributed by atoms with Crippen LogP contribution in [0.5, 0.6) is 0 Å². The molecule has 0 bridgehead atoms. The van der Waals surface area contributed by atoms with E-state index in [1.165, 1.54) is 6.07 Å². The van der Waals surface area contributed by atoms with Crippen LogP contribution in [0.3, 0.4) is 0 Å². The Morgan fingerprint density at radius 3 is 2.79 bits per heavy atom. The van der Waals surface area contributed by atoms with Gasteiger partial charge in [0.2, 0.25) is 0 Å². The van der Waals surface area contributed by atoms with Crippen molar-refractivity contribution in [3.8, 4) is 0 Å². The van der Waals surface area contributed by atoms with E-state index >= 15 is 0 Å². The lowest BCUT2D eigenvalue weighted by Crippen LogP contribution is -2.37. The summed E-state index contributed by atoms with van der Waals surface area (Å²) in [7, 11) is 0. The van der Waals surface area contributed by atoms with Crippen LogP contribution in [0.15, 0.2) is 18.2 Å². The van der Waals surface area contributed by atoms with Gasteiger partial charge in [-0.1, -0.05) is 31.0 Å². The normalized spacial score (nSPS) is 12.2. The highest BCUT2D eigenvalue weighted by molar-refractivity contribution is 6.30. The van der Waals surface area contributed by atoms with Crippen LogP contribution in [0.2, 0.25) is 5.02 Å². The summed E-state index contributed by atoms with van der Waals surface area (Å²) >= 11 is 5.71. The van der Waals surface area contributed by atoms with Crippen molar-refractivity contribution in [3.05, 3.63) is 34.6 Å². The van der Waals surface area contributed by atoms with Gasteiger partial charge in [-0.25, -0.2) is 4.39 Å². The van der Waals surface area contributed by atoms with Crippen LogP contribution in [0, 0.1) is 5.82 Å². The van der Waals surface area contributed by atoms with E-state index in [0.29, 0.717) is 19.6 Å². The fraction of sp³-hybridized carbons (Fsp3) is 0.500. The van der Waals surface area contributed by atoms with Crippen molar-refractivity contribution < 1.29 is 13.9 Å². The van der Waals surface area contributed by atoms with E-state index in [4.69, 9.17) is 16.3 Å². The molecule has 0 aliphatic heterocycles. The molecule has 0 radical (unpaired) electrons. The van der Waals surface area contributed by atoms with Crippen LogP contribution < -0.4 is 5.32 Å². The Kier molecular flexibility index (Phi) is 6.81. The number of esters is 1. The number of nitrogens with one attached hydrogen (secondary N) is 1. The van der Waals surface area contributed by atoms with Crippen molar-refractivity contribution in [3.63, 3.8) is 0 Å². The van der Waals surface area contributed by atoms with Crippen molar-refractivity contribution in [1.82, 2.24) is 5.32 Å². The van der Waals surface area contributed by atoms with Crippen molar-refractivity contribution >= 4 is 17.6 Å². The zero-order valence-corrected chi connectivity index (χ0v) is 12.0. The van der Waals surface area contributed by atoms with Crippen molar-refractivity contribution in [1.29, 1.82) is 0 Å². The smallest absolute Gasteiger partial charge is 0.323 e. The molecule has 1 atom stereocenters. The summed E-state index contributed by atoms with van der Waals surface area (Å²) < 4.78 is 18.0. The first-order valence-electron chi connectivity index (χ1n) is 6.42. The maximum atomic E-state index is 13.0. The molecule has 1 N–H and O–H groups in total. The lowest BCUT2D eigenvalue weighted by atomic mass is 10.1. The summed E-state index contributed by atoms with van der Waals surface area (Å²) in [6.07, 6.45) is 1.58. The molecule has 0 aliphatic rings. The average Bonchev–Trinajstić information content (AvgIpc) is 2.38. The van der Waals surface area contributed by atoms with Gasteiger partial charge in [0.15, 0.2) is 0 Å². The minimum absolute atomic E-state index is 0.0856. The average molecular weight is 288 g/mol. The Morgan fingerprint density at radius 2 is 2.21 bits per heavy atom. The molecule has 1 aromatic rings. The Balaban J connectivity index is 2.59. The molecule has 5 heteroatoms. The molecule has 0 amide bonds. The third kappa shape index (κ3) is 5.17. The number of hydrogen-bond donors (Lipinski definition) is 1. The fourth-order valence-corrected chi connectivity index (χ4v) is 1.93. The minimum Gasteiger partial charge on any atom is -0.465 e. The summed E-state index contributed by atoms with van der Waals surface area (Å²) in [5.41, 5.74) is 0.830. The highest BCUT2D eigenvalue weighted by atomic mass is 35.5. The van der Waals surface area contributed by atoms with E-state index in [2.05, 4.69) is 5.32 Å². The first-order chi connectivity index (χ1) is 9.08. The topological polar surface area (TPSA) is 38.3 Å². The molecule has 1 aromatic carbocycles. The SMILES string of the molecule is CCCC(NCc1ccc(F)c(Cl)c1)C(=O)OCC. The molecule has 1 rings (SSSR count). The largest absolute Gasteiger partial charge is 0.465 e. The van der Waals surface area contributed by atoms with Crippen LogP contribution in [0.25, 0.3) is 0 Å². The maximum absolute atomic E-state index is 13.0. The second-order valence-electron chi connectivity index (χ2n) is 4.22. The Hall–Kier alpha value is -1.13. The Labute approximate surface area is 118 Å². The van der Waals surface area contributed by atoms with E-state index in [1.807, 2.05) is 6.92 Å². The van der Waals surface area contributed by atoms with Gasteiger partial charge >= 0.3 is 5.97 Å². The van der Waals surface area contributed by atoms with Crippen LogP contribution >= 0.6 is 11.6 Å². The molecule has 0 aromatic heterocycles. The number of benzene rings is 1. The molecule has 0 spiro atoms. The lowest BCUT2D eigenvalue weighted by Gasteiger charge is -2.16. The molecule has 0 heterocycles. The van der Waals surface area contributed by atoms with Gasteiger partial charge in [-0.05, 0) is 31.0 Å².